The van der Waals surface area contributed by atoms with Crippen LogP contribution in [0.4, 0.5) is 0 Å². The highest BCUT2D eigenvalue weighted by molar-refractivity contribution is 5.74. The molecule has 0 aromatic heterocycles. The van der Waals surface area contributed by atoms with E-state index in [0.29, 0.717) is 11.3 Å². The van der Waals surface area contributed by atoms with Gasteiger partial charge in [-0.1, -0.05) is 6.07 Å². The van der Waals surface area contributed by atoms with Gasteiger partial charge in [0.1, 0.15) is 18.5 Å². The first-order valence-corrected chi connectivity index (χ1v) is 6.67. The molecule has 21 heavy (non-hydrogen) atoms. The van der Waals surface area contributed by atoms with Gasteiger partial charge in [-0.05, 0) is 32.0 Å². The Labute approximate surface area is 124 Å². The standard InChI is InChI=1S/C15H21N3O3/c1-15(2,7-14(17)20)18-9-12(19)10-21-13-5-3-4-11(6-13)8-16/h3-6,12,18-19H,7,9-10H2,1-2H3,(H2,17,20). The van der Waals surface area contributed by atoms with E-state index < -0.39 is 17.6 Å². The van der Waals surface area contributed by atoms with Gasteiger partial charge in [0.15, 0.2) is 0 Å². The highest BCUT2D eigenvalue weighted by Crippen LogP contribution is 2.13. The van der Waals surface area contributed by atoms with Crippen LogP contribution in [-0.4, -0.2) is 35.8 Å². The Kier molecular flexibility index (Phi) is 6.15. The fourth-order valence-corrected chi connectivity index (χ4v) is 1.80. The molecule has 0 bridgehead atoms. The van der Waals surface area contributed by atoms with Crippen LogP contribution in [-0.2, 0) is 4.79 Å². The van der Waals surface area contributed by atoms with E-state index in [4.69, 9.17) is 15.7 Å². The van der Waals surface area contributed by atoms with Crippen molar-refractivity contribution in [1.29, 1.82) is 5.26 Å². The number of carbonyl (C=O) groups is 1. The summed E-state index contributed by atoms with van der Waals surface area (Å²) in [6.45, 7) is 4.04. The van der Waals surface area contributed by atoms with Gasteiger partial charge in [0.2, 0.25) is 5.91 Å². The number of nitrogens with one attached hydrogen (secondary N) is 1. The summed E-state index contributed by atoms with van der Waals surface area (Å²) in [6, 6.07) is 8.74. The lowest BCUT2D eigenvalue weighted by molar-refractivity contribution is -0.119. The first kappa shape index (κ1) is 17.0. The van der Waals surface area contributed by atoms with E-state index >= 15 is 0 Å². The van der Waals surface area contributed by atoms with Gasteiger partial charge in [-0.2, -0.15) is 5.26 Å². The Morgan fingerprint density at radius 2 is 2.29 bits per heavy atom. The largest absolute Gasteiger partial charge is 0.491 e. The SMILES string of the molecule is CC(C)(CC(N)=O)NCC(O)COc1cccc(C#N)c1. The van der Waals surface area contributed by atoms with Crippen LogP contribution in [0.3, 0.4) is 0 Å². The number of hydrogen-bond acceptors (Lipinski definition) is 5. The molecular formula is C15H21N3O3. The molecule has 1 atom stereocenters. The first-order valence-electron chi connectivity index (χ1n) is 6.67. The number of ether oxygens (including phenoxy) is 1. The number of nitrogens with two attached hydrogens (primary N) is 1. The van der Waals surface area contributed by atoms with Crippen LogP contribution >= 0.6 is 0 Å². The van der Waals surface area contributed by atoms with Gasteiger partial charge in [0, 0.05) is 18.5 Å². The van der Waals surface area contributed by atoms with Crippen molar-refractivity contribution in [3.05, 3.63) is 29.8 Å². The van der Waals surface area contributed by atoms with Crippen molar-refractivity contribution < 1.29 is 14.6 Å². The number of rotatable bonds is 8. The highest BCUT2D eigenvalue weighted by Gasteiger charge is 2.21. The second-order valence-electron chi connectivity index (χ2n) is 5.51. The van der Waals surface area contributed by atoms with Crippen molar-refractivity contribution in [1.82, 2.24) is 5.32 Å². The van der Waals surface area contributed by atoms with Crippen LogP contribution in [0.25, 0.3) is 0 Å². The van der Waals surface area contributed by atoms with E-state index in [9.17, 15) is 9.90 Å². The molecule has 0 aliphatic rings. The molecule has 1 unspecified atom stereocenters. The van der Waals surface area contributed by atoms with Crippen LogP contribution < -0.4 is 15.8 Å². The lowest BCUT2D eigenvalue weighted by atomic mass is 10.0. The minimum absolute atomic E-state index is 0.0918. The minimum Gasteiger partial charge on any atom is -0.491 e. The zero-order valence-corrected chi connectivity index (χ0v) is 12.3. The molecule has 114 valence electrons. The number of nitrogens with zero attached hydrogens (tertiary/aromatic N) is 1. The normalized spacial score (nSPS) is 12.5. The molecule has 0 spiro atoms. The lowest BCUT2D eigenvalue weighted by Gasteiger charge is -2.26. The topological polar surface area (TPSA) is 108 Å². The second kappa shape index (κ2) is 7.62. The molecule has 1 rings (SSSR count). The predicted molar refractivity (Wildman–Crippen MR) is 78.6 cm³/mol. The summed E-state index contributed by atoms with van der Waals surface area (Å²) in [5, 5.41) is 21.7. The summed E-state index contributed by atoms with van der Waals surface area (Å²) >= 11 is 0. The third kappa shape index (κ3) is 6.75. The molecular weight excluding hydrogens is 270 g/mol. The van der Waals surface area contributed by atoms with Crippen molar-refractivity contribution in [3.8, 4) is 11.8 Å². The maximum atomic E-state index is 10.9. The molecule has 6 heteroatoms. The van der Waals surface area contributed by atoms with E-state index in [0.717, 1.165) is 0 Å². The third-order valence-electron chi connectivity index (χ3n) is 2.84. The average molecular weight is 291 g/mol. The van der Waals surface area contributed by atoms with E-state index in [1.807, 2.05) is 19.9 Å². The molecule has 0 aliphatic carbocycles. The molecule has 0 radical (unpaired) electrons. The number of amides is 1. The second-order valence-corrected chi connectivity index (χ2v) is 5.51. The fraction of sp³-hybridized carbons (Fsp3) is 0.467. The monoisotopic (exact) mass is 291 g/mol. The predicted octanol–water partition coefficient (Wildman–Crippen LogP) is 0.542. The molecule has 0 fully saturated rings. The van der Waals surface area contributed by atoms with E-state index in [-0.39, 0.29) is 19.6 Å². The van der Waals surface area contributed by atoms with Gasteiger partial charge in [0.25, 0.3) is 0 Å². The maximum Gasteiger partial charge on any atom is 0.219 e. The van der Waals surface area contributed by atoms with E-state index in [2.05, 4.69) is 5.32 Å². The quantitative estimate of drug-likeness (QED) is 0.648. The molecule has 1 aromatic rings. The van der Waals surface area contributed by atoms with Crippen LogP contribution in [0, 0.1) is 11.3 Å². The smallest absolute Gasteiger partial charge is 0.219 e. The van der Waals surface area contributed by atoms with Crippen LogP contribution in [0.15, 0.2) is 24.3 Å². The Hall–Kier alpha value is -2.10. The van der Waals surface area contributed by atoms with Crippen molar-refractivity contribution in [2.45, 2.75) is 31.9 Å². The number of hydrogen-bond donors (Lipinski definition) is 3. The molecule has 1 aromatic carbocycles. The van der Waals surface area contributed by atoms with Gasteiger partial charge >= 0.3 is 0 Å². The van der Waals surface area contributed by atoms with Gasteiger partial charge in [-0.25, -0.2) is 0 Å². The van der Waals surface area contributed by atoms with Gasteiger partial charge in [-0.3, -0.25) is 4.79 Å². The van der Waals surface area contributed by atoms with Crippen molar-refractivity contribution in [3.63, 3.8) is 0 Å². The molecule has 0 saturated heterocycles. The molecule has 0 saturated carbocycles. The molecule has 4 N–H and O–H groups in total. The zero-order valence-electron chi connectivity index (χ0n) is 12.3. The first-order chi connectivity index (χ1) is 9.82. The summed E-state index contributed by atoms with van der Waals surface area (Å²) in [6.07, 6.45) is -0.548. The summed E-state index contributed by atoms with van der Waals surface area (Å²) in [7, 11) is 0. The number of nitriles is 1. The summed E-state index contributed by atoms with van der Waals surface area (Å²) in [5.41, 5.74) is 5.18. The number of benzene rings is 1. The number of primary amides is 1. The Bertz CT molecular complexity index is 523. The Morgan fingerprint density at radius 3 is 2.90 bits per heavy atom. The number of aliphatic hydroxyl groups excluding tert-OH is 1. The molecule has 1 amide bonds. The van der Waals surface area contributed by atoms with Crippen molar-refractivity contribution in [2.24, 2.45) is 5.73 Å². The molecule has 0 aliphatic heterocycles. The van der Waals surface area contributed by atoms with Crippen molar-refractivity contribution in [2.75, 3.05) is 13.2 Å². The Morgan fingerprint density at radius 1 is 1.57 bits per heavy atom. The maximum absolute atomic E-state index is 10.9. The minimum atomic E-state index is -0.733. The highest BCUT2D eigenvalue weighted by atomic mass is 16.5. The zero-order chi connectivity index (χ0) is 15.9. The number of aliphatic hydroxyl groups is 1. The van der Waals surface area contributed by atoms with Gasteiger partial charge < -0.3 is 20.9 Å². The summed E-state index contributed by atoms with van der Waals surface area (Å²) in [5.74, 6) is 0.135. The molecule has 0 heterocycles. The van der Waals surface area contributed by atoms with Crippen LogP contribution in [0.1, 0.15) is 25.8 Å². The van der Waals surface area contributed by atoms with E-state index in [1.165, 1.54) is 0 Å². The van der Waals surface area contributed by atoms with Crippen LogP contribution in [0.2, 0.25) is 0 Å². The summed E-state index contributed by atoms with van der Waals surface area (Å²) in [4.78, 5) is 10.9. The number of carbonyl (C=O) groups excluding carboxylic acids is 1. The summed E-state index contributed by atoms with van der Waals surface area (Å²) < 4.78 is 5.42. The average Bonchev–Trinajstić information content (AvgIpc) is 2.42. The number of β-amino-alcohol motifs (C(OH)–C–C–N with tert-alkyl or cyclic N) is 1. The molecule has 6 nitrogen and oxygen atoms in total. The van der Waals surface area contributed by atoms with Gasteiger partial charge in [0.05, 0.1) is 11.6 Å². The van der Waals surface area contributed by atoms with Gasteiger partial charge in [-0.15, -0.1) is 0 Å². The lowest BCUT2D eigenvalue weighted by Crippen LogP contribution is -2.46. The fourth-order valence-electron chi connectivity index (χ4n) is 1.80. The third-order valence-corrected chi connectivity index (χ3v) is 2.84. The van der Waals surface area contributed by atoms with Crippen molar-refractivity contribution >= 4 is 5.91 Å². The van der Waals surface area contributed by atoms with E-state index in [1.54, 1.807) is 24.3 Å². The van der Waals surface area contributed by atoms with Crippen LogP contribution in [0.5, 0.6) is 5.75 Å². The Balaban J connectivity index is 2.39.